The van der Waals surface area contributed by atoms with Crippen molar-refractivity contribution in [2.24, 2.45) is 5.73 Å². The van der Waals surface area contributed by atoms with Gasteiger partial charge in [-0.25, -0.2) is 0 Å². The SMILES string of the molecule is CCCC(C)N(C)C(CN)c1ccc2c(c1)CCO2. The van der Waals surface area contributed by atoms with Crippen molar-refractivity contribution in [1.82, 2.24) is 4.90 Å². The van der Waals surface area contributed by atoms with Gasteiger partial charge in [0, 0.05) is 25.0 Å². The van der Waals surface area contributed by atoms with Crippen LogP contribution in [0.25, 0.3) is 0 Å². The van der Waals surface area contributed by atoms with Gasteiger partial charge in [0.2, 0.25) is 0 Å². The van der Waals surface area contributed by atoms with Crippen molar-refractivity contribution in [2.75, 3.05) is 20.2 Å². The van der Waals surface area contributed by atoms with Crippen molar-refractivity contribution in [3.05, 3.63) is 29.3 Å². The Bertz CT molecular complexity index is 419. The summed E-state index contributed by atoms with van der Waals surface area (Å²) in [4.78, 5) is 2.40. The van der Waals surface area contributed by atoms with Crippen molar-refractivity contribution in [2.45, 2.75) is 45.2 Å². The van der Waals surface area contributed by atoms with Crippen LogP contribution < -0.4 is 10.5 Å². The molecule has 0 bridgehead atoms. The zero-order valence-electron chi connectivity index (χ0n) is 12.4. The summed E-state index contributed by atoms with van der Waals surface area (Å²) < 4.78 is 5.57. The van der Waals surface area contributed by atoms with E-state index in [2.05, 4.69) is 44.0 Å². The Balaban J connectivity index is 2.17. The van der Waals surface area contributed by atoms with E-state index >= 15 is 0 Å². The molecule has 19 heavy (non-hydrogen) atoms. The summed E-state index contributed by atoms with van der Waals surface area (Å²) in [6, 6.07) is 7.39. The average molecular weight is 262 g/mol. The molecule has 1 aliphatic rings. The molecule has 0 saturated carbocycles. The van der Waals surface area contributed by atoms with Gasteiger partial charge in [0.15, 0.2) is 0 Å². The highest BCUT2D eigenvalue weighted by molar-refractivity contribution is 5.40. The van der Waals surface area contributed by atoms with Crippen molar-refractivity contribution in [1.29, 1.82) is 0 Å². The van der Waals surface area contributed by atoms with Crippen LogP contribution in [0.1, 0.15) is 43.9 Å². The maximum atomic E-state index is 6.01. The molecule has 0 aliphatic carbocycles. The Morgan fingerprint density at radius 1 is 1.42 bits per heavy atom. The van der Waals surface area contributed by atoms with Crippen LogP contribution in [0.5, 0.6) is 5.75 Å². The zero-order chi connectivity index (χ0) is 13.8. The average Bonchev–Trinajstić information content (AvgIpc) is 2.87. The molecule has 0 radical (unpaired) electrons. The Morgan fingerprint density at radius 3 is 2.89 bits per heavy atom. The number of rotatable bonds is 6. The number of hydrogen-bond donors (Lipinski definition) is 1. The fraction of sp³-hybridized carbons (Fsp3) is 0.625. The Hall–Kier alpha value is -1.06. The largest absolute Gasteiger partial charge is 0.493 e. The molecule has 1 aromatic rings. The summed E-state index contributed by atoms with van der Waals surface area (Å²) in [6.45, 7) is 5.98. The first-order valence-corrected chi connectivity index (χ1v) is 7.35. The summed E-state index contributed by atoms with van der Waals surface area (Å²) in [5.41, 5.74) is 8.66. The van der Waals surface area contributed by atoms with E-state index in [1.54, 1.807) is 0 Å². The fourth-order valence-corrected chi connectivity index (χ4v) is 2.88. The van der Waals surface area contributed by atoms with Crippen molar-refractivity contribution < 1.29 is 4.74 Å². The van der Waals surface area contributed by atoms with Gasteiger partial charge in [0.25, 0.3) is 0 Å². The third-order valence-electron chi connectivity index (χ3n) is 4.21. The van der Waals surface area contributed by atoms with Gasteiger partial charge in [-0.1, -0.05) is 25.5 Å². The second-order valence-corrected chi connectivity index (χ2v) is 5.52. The van der Waals surface area contributed by atoms with Gasteiger partial charge in [-0.2, -0.15) is 0 Å². The van der Waals surface area contributed by atoms with Crippen molar-refractivity contribution >= 4 is 0 Å². The van der Waals surface area contributed by atoms with Crippen LogP contribution in [-0.2, 0) is 6.42 Å². The summed E-state index contributed by atoms with van der Waals surface area (Å²) in [7, 11) is 2.18. The molecule has 2 unspecified atom stereocenters. The molecule has 3 nitrogen and oxygen atoms in total. The lowest BCUT2D eigenvalue weighted by Crippen LogP contribution is -2.37. The van der Waals surface area contributed by atoms with Gasteiger partial charge in [-0.15, -0.1) is 0 Å². The number of likely N-dealkylation sites (N-methyl/N-ethyl adjacent to an activating group) is 1. The molecule has 1 aliphatic heterocycles. The summed E-state index contributed by atoms with van der Waals surface area (Å²) in [5.74, 6) is 1.05. The predicted octanol–water partition coefficient (Wildman–Crippen LogP) is 2.74. The molecule has 3 heteroatoms. The van der Waals surface area contributed by atoms with Crippen LogP contribution in [-0.4, -0.2) is 31.1 Å². The molecule has 2 N–H and O–H groups in total. The standard InChI is InChI=1S/C16H26N2O/c1-4-5-12(2)18(3)15(11-17)13-6-7-16-14(10-13)8-9-19-16/h6-7,10,12,15H,4-5,8-9,11,17H2,1-3H3. The first-order valence-electron chi connectivity index (χ1n) is 7.35. The Labute approximate surface area is 116 Å². The number of nitrogens with zero attached hydrogens (tertiary/aromatic N) is 1. The van der Waals surface area contributed by atoms with Crippen molar-refractivity contribution in [3.63, 3.8) is 0 Å². The first-order chi connectivity index (χ1) is 9.17. The molecule has 0 saturated heterocycles. The fourth-order valence-electron chi connectivity index (χ4n) is 2.88. The number of hydrogen-bond acceptors (Lipinski definition) is 3. The molecule has 2 atom stereocenters. The molecular formula is C16H26N2O. The van der Waals surface area contributed by atoms with E-state index in [0.717, 1.165) is 18.8 Å². The number of ether oxygens (including phenoxy) is 1. The smallest absolute Gasteiger partial charge is 0.122 e. The molecule has 106 valence electrons. The maximum Gasteiger partial charge on any atom is 0.122 e. The van der Waals surface area contributed by atoms with Crippen LogP contribution in [0.2, 0.25) is 0 Å². The van der Waals surface area contributed by atoms with E-state index in [1.165, 1.54) is 24.0 Å². The topological polar surface area (TPSA) is 38.5 Å². The quantitative estimate of drug-likeness (QED) is 0.856. The van der Waals surface area contributed by atoms with E-state index in [-0.39, 0.29) is 0 Å². The maximum absolute atomic E-state index is 6.01. The monoisotopic (exact) mass is 262 g/mol. The predicted molar refractivity (Wildman–Crippen MR) is 79.6 cm³/mol. The molecular weight excluding hydrogens is 236 g/mol. The Kier molecular flexibility index (Phi) is 4.83. The van der Waals surface area contributed by atoms with Gasteiger partial charge >= 0.3 is 0 Å². The lowest BCUT2D eigenvalue weighted by molar-refractivity contribution is 0.179. The van der Waals surface area contributed by atoms with E-state index in [9.17, 15) is 0 Å². The van der Waals surface area contributed by atoms with E-state index in [0.29, 0.717) is 18.6 Å². The van der Waals surface area contributed by atoms with Gasteiger partial charge in [-0.3, -0.25) is 4.90 Å². The number of benzene rings is 1. The lowest BCUT2D eigenvalue weighted by Gasteiger charge is -2.33. The van der Waals surface area contributed by atoms with Crippen LogP contribution in [0.4, 0.5) is 0 Å². The molecule has 1 heterocycles. The third kappa shape index (κ3) is 3.10. The van der Waals surface area contributed by atoms with E-state index in [1.807, 2.05) is 0 Å². The molecule has 0 aromatic heterocycles. The molecule has 0 fully saturated rings. The van der Waals surface area contributed by atoms with Gasteiger partial charge < -0.3 is 10.5 Å². The molecule has 0 spiro atoms. The van der Waals surface area contributed by atoms with Crippen molar-refractivity contribution in [3.8, 4) is 5.75 Å². The molecule has 1 aromatic carbocycles. The van der Waals surface area contributed by atoms with Gasteiger partial charge in [0.1, 0.15) is 5.75 Å². The number of fused-ring (bicyclic) bond motifs is 1. The molecule has 2 rings (SSSR count). The highest BCUT2D eigenvalue weighted by Gasteiger charge is 2.22. The first kappa shape index (κ1) is 14.4. The minimum atomic E-state index is 0.299. The van der Waals surface area contributed by atoms with Gasteiger partial charge in [-0.05, 0) is 37.6 Å². The summed E-state index contributed by atoms with van der Waals surface area (Å²) >= 11 is 0. The minimum absolute atomic E-state index is 0.299. The highest BCUT2D eigenvalue weighted by Crippen LogP contribution is 2.30. The van der Waals surface area contributed by atoms with Crippen LogP contribution in [0.15, 0.2) is 18.2 Å². The zero-order valence-corrected chi connectivity index (χ0v) is 12.4. The summed E-state index contributed by atoms with van der Waals surface area (Å²) in [6.07, 6.45) is 3.44. The van der Waals surface area contributed by atoms with Crippen LogP contribution in [0.3, 0.4) is 0 Å². The second kappa shape index (κ2) is 6.40. The normalized spacial score (nSPS) is 17.1. The van der Waals surface area contributed by atoms with Gasteiger partial charge in [0.05, 0.1) is 6.61 Å². The third-order valence-corrected chi connectivity index (χ3v) is 4.21. The second-order valence-electron chi connectivity index (χ2n) is 5.52. The summed E-state index contributed by atoms with van der Waals surface area (Å²) in [5, 5.41) is 0. The highest BCUT2D eigenvalue weighted by atomic mass is 16.5. The van der Waals surface area contributed by atoms with Crippen LogP contribution >= 0.6 is 0 Å². The lowest BCUT2D eigenvalue weighted by atomic mass is 9.99. The van der Waals surface area contributed by atoms with E-state index < -0.39 is 0 Å². The number of nitrogens with two attached hydrogens (primary N) is 1. The minimum Gasteiger partial charge on any atom is -0.493 e. The molecule has 0 amide bonds. The Morgan fingerprint density at radius 2 is 2.21 bits per heavy atom. The van der Waals surface area contributed by atoms with Crippen LogP contribution in [0, 0.1) is 0 Å². The van der Waals surface area contributed by atoms with E-state index in [4.69, 9.17) is 10.5 Å².